The highest BCUT2D eigenvalue weighted by atomic mass is 16.6. The summed E-state index contributed by atoms with van der Waals surface area (Å²) in [4.78, 5) is 44.7. The summed E-state index contributed by atoms with van der Waals surface area (Å²) in [6.45, 7) is 8.38. The van der Waals surface area contributed by atoms with Crippen LogP contribution in [0, 0.1) is 11.3 Å². The van der Waals surface area contributed by atoms with Crippen molar-refractivity contribution in [2.75, 3.05) is 32.8 Å². The van der Waals surface area contributed by atoms with Gasteiger partial charge >= 0.3 is 12.2 Å². The quantitative estimate of drug-likeness (QED) is 0.642. The number of carbonyl (C=O) groups is 3. The van der Waals surface area contributed by atoms with Crippen LogP contribution in [-0.2, 0) is 20.8 Å². The van der Waals surface area contributed by atoms with E-state index in [1.54, 1.807) is 4.90 Å². The van der Waals surface area contributed by atoms with Gasteiger partial charge in [-0.05, 0) is 31.9 Å². The number of hydrogen-bond donors (Lipinski definition) is 0. The molecule has 2 atom stereocenters. The zero-order valence-electron chi connectivity index (χ0n) is 21.1. The van der Waals surface area contributed by atoms with E-state index in [0.29, 0.717) is 32.7 Å². The molecule has 3 fully saturated rings. The van der Waals surface area contributed by atoms with E-state index in [4.69, 9.17) is 9.47 Å². The van der Waals surface area contributed by atoms with Crippen LogP contribution in [0.5, 0.6) is 0 Å². The summed E-state index contributed by atoms with van der Waals surface area (Å²) in [5.74, 6) is -0.664. The fourth-order valence-electron chi connectivity index (χ4n) is 5.62. The van der Waals surface area contributed by atoms with Gasteiger partial charge in [0.1, 0.15) is 18.2 Å². The first-order valence-electron chi connectivity index (χ1n) is 12.4. The summed E-state index contributed by atoms with van der Waals surface area (Å²) in [7, 11) is 0. The van der Waals surface area contributed by atoms with E-state index >= 15 is 0 Å². The fraction of sp³-hybridized carbons (Fsp3) is 0.464. The fourth-order valence-corrected chi connectivity index (χ4v) is 5.62. The van der Waals surface area contributed by atoms with Crippen molar-refractivity contribution in [2.45, 2.75) is 39.0 Å². The molecule has 0 N–H and O–H groups in total. The Bertz CT molecular complexity index is 1120. The van der Waals surface area contributed by atoms with E-state index in [-0.39, 0.29) is 18.6 Å². The van der Waals surface area contributed by atoms with Gasteiger partial charge in [0, 0.05) is 38.1 Å². The predicted octanol–water partition coefficient (Wildman–Crippen LogP) is 4.08. The molecule has 3 aliphatic rings. The van der Waals surface area contributed by atoms with Crippen LogP contribution < -0.4 is 0 Å². The molecule has 0 bridgehead atoms. The molecule has 2 aromatic carbocycles. The van der Waals surface area contributed by atoms with Gasteiger partial charge in [-0.25, -0.2) is 14.5 Å². The number of carbonyl (C=O) groups excluding carboxylic acids is 3. The molecule has 0 aromatic heterocycles. The van der Waals surface area contributed by atoms with Gasteiger partial charge in [0.05, 0.1) is 5.92 Å². The molecule has 0 aliphatic carbocycles. The third-order valence-corrected chi connectivity index (χ3v) is 7.22. The molecule has 190 valence electrons. The summed E-state index contributed by atoms with van der Waals surface area (Å²) in [5.41, 5.74) is 1.000. The number of likely N-dealkylation sites (tertiary alicyclic amines) is 2. The number of amides is 3. The van der Waals surface area contributed by atoms with E-state index in [1.165, 1.54) is 4.90 Å². The Kier molecular flexibility index (Phi) is 6.24. The van der Waals surface area contributed by atoms with Crippen molar-refractivity contribution in [3.05, 3.63) is 71.8 Å². The van der Waals surface area contributed by atoms with E-state index < -0.39 is 29.1 Å². The zero-order valence-corrected chi connectivity index (χ0v) is 21.1. The first-order valence-corrected chi connectivity index (χ1v) is 12.4. The van der Waals surface area contributed by atoms with Gasteiger partial charge in [0.25, 0.3) is 0 Å². The third kappa shape index (κ3) is 4.69. The van der Waals surface area contributed by atoms with Crippen molar-refractivity contribution in [3.8, 4) is 0 Å². The Hall–Kier alpha value is -3.39. The number of imide groups is 1. The molecule has 2 aromatic rings. The first kappa shape index (κ1) is 24.3. The van der Waals surface area contributed by atoms with Gasteiger partial charge < -0.3 is 14.4 Å². The second-order valence-electron chi connectivity index (χ2n) is 11.1. The van der Waals surface area contributed by atoms with Crippen LogP contribution in [0.3, 0.4) is 0 Å². The van der Waals surface area contributed by atoms with Crippen LogP contribution in [0.25, 0.3) is 0 Å². The molecular formula is C28H33N3O5. The van der Waals surface area contributed by atoms with Crippen LogP contribution >= 0.6 is 0 Å². The minimum Gasteiger partial charge on any atom is -0.446 e. The Morgan fingerprint density at radius 1 is 1.00 bits per heavy atom. The van der Waals surface area contributed by atoms with Gasteiger partial charge in [0.2, 0.25) is 5.91 Å². The molecule has 1 spiro atoms. The maximum atomic E-state index is 14.0. The molecule has 3 aliphatic heterocycles. The Morgan fingerprint density at radius 3 is 2.28 bits per heavy atom. The van der Waals surface area contributed by atoms with Crippen molar-refractivity contribution < 1.29 is 23.9 Å². The highest BCUT2D eigenvalue weighted by Gasteiger charge is 2.60. The maximum Gasteiger partial charge on any atom is 0.417 e. The van der Waals surface area contributed by atoms with Crippen molar-refractivity contribution in [1.29, 1.82) is 0 Å². The monoisotopic (exact) mass is 491 g/mol. The SMILES string of the molecule is CC(C)(C)OC(=O)N1CC2(CN(Cc3ccccc3)C[C@H]2C(=O)N2C(=O)OCC2c2ccccc2)C1. The van der Waals surface area contributed by atoms with Gasteiger partial charge in [-0.1, -0.05) is 60.7 Å². The van der Waals surface area contributed by atoms with Gasteiger partial charge in [-0.2, -0.15) is 0 Å². The van der Waals surface area contributed by atoms with Crippen LogP contribution in [0.4, 0.5) is 9.59 Å². The standard InChI is InChI=1S/C28H33N3O5/c1-27(2,3)36-25(33)30-18-28(19-30)17-29(14-20-10-6-4-7-11-20)15-22(28)24(32)31-23(16-35-26(31)34)21-12-8-5-9-13-21/h4-13,22-23H,14-19H2,1-3H3/t22-,23?/m0/s1. The minimum atomic E-state index is -0.603. The van der Waals surface area contributed by atoms with Crippen LogP contribution in [-0.4, -0.2) is 71.2 Å². The summed E-state index contributed by atoms with van der Waals surface area (Å²) in [6, 6.07) is 19.2. The van der Waals surface area contributed by atoms with E-state index in [2.05, 4.69) is 17.0 Å². The molecule has 36 heavy (non-hydrogen) atoms. The molecule has 3 saturated heterocycles. The molecular weight excluding hydrogens is 458 g/mol. The number of nitrogens with zero attached hydrogens (tertiary/aromatic N) is 3. The average molecular weight is 492 g/mol. The molecule has 3 amide bonds. The lowest BCUT2D eigenvalue weighted by atomic mass is 9.71. The topological polar surface area (TPSA) is 79.4 Å². The lowest BCUT2D eigenvalue weighted by Crippen LogP contribution is -2.64. The smallest absolute Gasteiger partial charge is 0.417 e. The third-order valence-electron chi connectivity index (χ3n) is 7.22. The molecule has 5 rings (SSSR count). The van der Waals surface area contributed by atoms with Crippen molar-refractivity contribution >= 4 is 18.1 Å². The number of ether oxygens (including phenoxy) is 2. The number of benzene rings is 2. The highest BCUT2D eigenvalue weighted by Crippen LogP contribution is 2.47. The summed E-state index contributed by atoms with van der Waals surface area (Å²) < 4.78 is 10.9. The average Bonchev–Trinajstić information content (AvgIpc) is 3.39. The second kappa shape index (κ2) is 9.24. The Labute approximate surface area is 211 Å². The van der Waals surface area contributed by atoms with Gasteiger partial charge in [-0.15, -0.1) is 0 Å². The molecule has 0 radical (unpaired) electrons. The highest BCUT2D eigenvalue weighted by molar-refractivity contribution is 5.96. The molecule has 0 saturated carbocycles. The van der Waals surface area contributed by atoms with E-state index in [1.807, 2.05) is 69.3 Å². The lowest BCUT2D eigenvalue weighted by molar-refractivity contribution is -0.141. The molecule has 1 unspecified atom stereocenters. The van der Waals surface area contributed by atoms with Gasteiger partial charge in [-0.3, -0.25) is 9.69 Å². The van der Waals surface area contributed by atoms with E-state index in [0.717, 1.165) is 11.1 Å². The number of hydrogen-bond acceptors (Lipinski definition) is 6. The summed E-state index contributed by atoms with van der Waals surface area (Å²) in [5, 5.41) is 0. The van der Waals surface area contributed by atoms with E-state index in [9.17, 15) is 14.4 Å². The van der Waals surface area contributed by atoms with Crippen molar-refractivity contribution in [1.82, 2.24) is 14.7 Å². The van der Waals surface area contributed by atoms with Crippen molar-refractivity contribution in [3.63, 3.8) is 0 Å². The molecule has 3 heterocycles. The number of cyclic esters (lactones) is 1. The Morgan fingerprint density at radius 2 is 1.64 bits per heavy atom. The maximum absolute atomic E-state index is 14.0. The Balaban J connectivity index is 1.38. The summed E-state index contributed by atoms with van der Waals surface area (Å²) >= 11 is 0. The van der Waals surface area contributed by atoms with Crippen LogP contribution in [0.15, 0.2) is 60.7 Å². The first-order chi connectivity index (χ1) is 17.2. The van der Waals surface area contributed by atoms with Crippen LogP contribution in [0.2, 0.25) is 0 Å². The second-order valence-corrected chi connectivity index (χ2v) is 11.1. The minimum absolute atomic E-state index is 0.145. The predicted molar refractivity (Wildman–Crippen MR) is 133 cm³/mol. The molecule has 8 nitrogen and oxygen atoms in total. The largest absolute Gasteiger partial charge is 0.446 e. The van der Waals surface area contributed by atoms with Crippen LogP contribution in [0.1, 0.15) is 37.9 Å². The number of rotatable bonds is 4. The summed E-state index contributed by atoms with van der Waals surface area (Å²) in [6.07, 6.45) is -0.975. The van der Waals surface area contributed by atoms with Gasteiger partial charge in [0.15, 0.2) is 0 Å². The molecule has 8 heteroatoms. The zero-order chi connectivity index (χ0) is 25.5. The normalized spacial score (nSPS) is 23.5. The van der Waals surface area contributed by atoms with Crippen molar-refractivity contribution in [2.24, 2.45) is 11.3 Å². The lowest BCUT2D eigenvalue weighted by Gasteiger charge is -2.50.